The minimum Gasteiger partial charge on any atom is -0.493 e. The smallest absolute Gasteiger partial charge is 0.326 e. The molecule has 0 spiro atoms. The number of carboxylic acids is 1. The van der Waals surface area contributed by atoms with Crippen molar-refractivity contribution in [3.8, 4) is 17.2 Å². The molecule has 0 fully saturated rings. The van der Waals surface area contributed by atoms with Crippen molar-refractivity contribution >= 4 is 11.8 Å². The van der Waals surface area contributed by atoms with E-state index in [-0.39, 0.29) is 12.1 Å². The van der Waals surface area contributed by atoms with Gasteiger partial charge in [0.1, 0.15) is 17.6 Å². The van der Waals surface area contributed by atoms with E-state index in [1.807, 2.05) is 37.3 Å². The molecule has 0 aliphatic heterocycles. The number of benzene rings is 3. The lowest BCUT2D eigenvalue weighted by Gasteiger charge is -2.16. The van der Waals surface area contributed by atoms with Crippen LogP contribution >= 0.6 is 0 Å². The lowest BCUT2D eigenvalue weighted by atomic mass is 10.0. The molecule has 1 aromatic heterocycles. The molecule has 0 aliphatic carbocycles. The van der Waals surface area contributed by atoms with Crippen molar-refractivity contribution in [2.75, 3.05) is 6.61 Å². The molecule has 4 rings (SSSR count). The summed E-state index contributed by atoms with van der Waals surface area (Å²) in [5, 5.41) is 12.4. The number of hydrogen-bond acceptors (Lipinski definition) is 6. The molecule has 1 heterocycles. The summed E-state index contributed by atoms with van der Waals surface area (Å²) in [7, 11) is 0. The van der Waals surface area contributed by atoms with Gasteiger partial charge in [0.25, 0.3) is 0 Å². The number of nitrogens with one attached hydrogen (secondary N) is 1. The zero-order chi connectivity index (χ0) is 28.6. The molecule has 0 radical (unpaired) electrons. The van der Waals surface area contributed by atoms with Crippen molar-refractivity contribution in [1.29, 1.82) is 0 Å². The Morgan fingerprint density at radius 2 is 1.77 bits per heavy atom. The van der Waals surface area contributed by atoms with E-state index in [1.165, 1.54) is 13.0 Å². The van der Waals surface area contributed by atoms with Crippen molar-refractivity contribution in [3.63, 3.8) is 0 Å². The number of nitrogens with zero attached hydrogens (tertiary/aromatic N) is 1. The summed E-state index contributed by atoms with van der Waals surface area (Å²) in [4.78, 5) is 28.7. The minimum atomic E-state index is -1.25. The van der Waals surface area contributed by atoms with Gasteiger partial charge in [-0.1, -0.05) is 36.4 Å². The predicted octanol–water partition coefficient (Wildman–Crippen LogP) is 5.92. The molecule has 0 aliphatic rings. The van der Waals surface area contributed by atoms with Crippen LogP contribution in [0.1, 0.15) is 34.3 Å². The fourth-order valence-electron chi connectivity index (χ4n) is 4.07. The summed E-state index contributed by atoms with van der Waals surface area (Å²) >= 11 is 0. The van der Waals surface area contributed by atoms with Gasteiger partial charge in [0.15, 0.2) is 17.4 Å². The maximum absolute atomic E-state index is 13.9. The Morgan fingerprint density at radius 1 is 1.05 bits per heavy atom. The van der Waals surface area contributed by atoms with Crippen molar-refractivity contribution in [2.45, 2.75) is 32.7 Å². The molecule has 2 N–H and O–H groups in total. The van der Waals surface area contributed by atoms with Crippen LogP contribution in [0.3, 0.4) is 0 Å². The largest absolute Gasteiger partial charge is 0.493 e. The molecule has 0 bridgehead atoms. The van der Waals surface area contributed by atoms with Gasteiger partial charge in [0.2, 0.25) is 5.89 Å². The first-order valence-electron chi connectivity index (χ1n) is 12.6. The third-order valence-corrected chi connectivity index (χ3v) is 6.15. The van der Waals surface area contributed by atoms with Crippen molar-refractivity contribution in [1.82, 2.24) is 10.3 Å². The maximum atomic E-state index is 13.9. The van der Waals surface area contributed by atoms with E-state index in [0.29, 0.717) is 24.7 Å². The first-order valence-corrected chi connectivity index (χ1v) is 12.6. The van der Waals surface area contributed by atoms with E-state index in [0.717, 1.165) is 40.8 Å². The minimum absolute atomic E-state index is 0.115. The van der Waals surface area contributed by atoms with E-state index in [4.69, 9.17) is 9.15 Å². The number of oxazole rings is 1. The van der Waals surface area contributed by atoms with Crippen molar-refractivity contribution in [2.24, 2.45) is 0 Å². The Balaban J connectivity index is 1.31. The lowest BCUT2D eigenvalue weighted by molar-refractivity contribution is -0.139. The van der Waals surface area contributed by atoms with E-state index >= 15 is 0 Å². The lowest BCUT2D eigenvalue weighted by Crippen LogP contribution is -2.37. The van der Waals surface area contributed by atoms with Crippen LogP contribution < -0.4 is 10.1 Å². The molecule has 0 amide bonds. The average Bonchev–Trinajstić information content (AvgIpc) is 3.31. The Morgan fingerprint density at radius 3 is 2.48 bits per heavy atom. The highest BCUT2D eigenvalue weighted by Crippen LogP contribution is 2.22. The van der Waals surface area contributed by atoms with Gasteiger partial charge < -0.3 is 19.6 Å². The third kappa shape index (κ3) is 7.19. The number of carboxylic acid groups (broad SMARTS) is 1. The van der Waals surface area contributed by atoms with Gasteiger partial charge in [-0.15, -0.1) is 0 Å². The van der Waals surface area contributed by atoms with Gasteiger partial charge in [-0.25, -0.2) is 18.6 Å². The molecule has 3 aromatic carbocycles. The molecular formula is C31H28F2N2O5. The van der Waals surface area contributed by atoms with Gasteiger partial charge in [-0.3, -0.25) is 4.79 Å². The second-order valence-electron chi connectivity index (χ2n) is 9.16. The number of ether oxygens (including phenoxy) is 1. The molecule has 1 atom stereocenters. The van der Waals surface area contributed by atoms with E-state index < -0.39 is 35.0 Å². The SMILES string of the molecule is C/C(=C/C(=O)c1cccc(F)c1F)N[C@@H](Cc1ccc(OCCc2nc(-c3ccccc3)oc2C)cc1)C(=O)O. The highest BCUT2D eigenvalue weighted by molar-refractivity contribution is 6.05. The van der Waals surface area contributed by atoms with Gasteiger partial charge in [-0.2, -0.15) is 0 Å². The molecule has 0 saturated heterocycles. The standard InChI is InChI=1S/C31H28F2N2O5/c1-19(17-28(36)24-9-6-10-25(32)29(24)33)34-27(31(37)38)18-21-11-13-23(14-12-21)39-16-15-26-20(2)40-30(35-26)22-7-4-3-5-8-22/h3-14,17,27,34H,15-16,18H2,1-2H3,(H,37,38)/b19-17-/t27-/m0/s1. The molecule has 9 heteroatoms. The van der Waals surface area contributed by atoms with Crippen LogP contribution in [0.15, 0.2) is 89.0 Å². The van der Waals surface area contributed by atoms with Crippen LogP contribution in [0.5, 0.6) is 5.75 Å². The Hall–Kier alpha value is -4.79. The zero-order valence-electron chi connectivity index (χ0n) is 22.0. The summed E-state index contributed by atoms with van der Waals surface area (Å²) < 4.78 is 39.0. The van der Waals surface area contributed by atoms with Crippen LogP contribution in [-0.2, 0) is 17.6 Å². The first-order chi connectivity index (χ1) is 19.2. The van der Waals surface area contributed by atoms with Crippen molar-refractivity contribution in [3.05, 3.63) is 119 Å². The maximum Gasteiger partial charge on any atom is 0.326 e. The van der Waals surface area contributed by atoms with Gasteiger partial charge in [0, 0.05) is 30.2 Å². The molecule has 40 heavy (non-hydrogen) atoms. The quantitative estimate of drug-likeness (QED) is 0.168. The summed E-state index contributed by atoms with van der Waals surface area (Å²) in [6.07, 6.45) is 1.71. The third-order valence-electron chi connectivity index (χ3n) is 6.15. The Labute approximate surface area is 230 Å². The highest BCUT2D eigenvalue weighted by Gasteiger charge is 2.19. The normalized spacial score (nSPS) is 12.2. The van der Waals surface area contributed by atoms with Crippen LogP contribution in [0.4, 0.5) is 8.78 Å². The Kier molecular flexibility index (Phi) is 9.06. The number of aryl methyl sites for hydroxylation is 1. The van der Waals surface area contributed by atoms with Gasteiger partial charge in [-0.05, 0) is 55.8 Å². The summed E-state index contributed by atoms with van der Waals surface area (Å²) in [5.41, 5.74) is 2.22. The molecule has 7 nitrogen and oxygen atoms in total. The second kappa shape index (κ2) is 12.8. The second-order valence-corrected chi connectivity index (χ2v) is 9.16. The van der Waals surface area contributed by atoms with E-state index in [1.54, 1.807) is 24.3 Å². The number of carbonyl (C=O) groups is 2. The fraction of sp³-hybridized carbons (Fsp3) is 0.194. The predicted molar refractivity (Wildman–Crippen MR) is 145 cm³/mol. The molecular weight excluding hydrogens is 518 g/mol. The van der Waals surface area contributed by atoms with Crippen molar-refractivity contribution < 1.29 is 32.6 Å². The zero-order valence-corrected chi connectivity index (χ0v) is 22.0. The van der Waals surface area contributed by atoms with Gasteiger partial charge in [0.05, 0.1) is 17.9 Å². The monoisotopic (exact) mass is 546 g/mol. The average molecular weight is 547 g/mol. The van der Waals surface area contributed by atoms with Crippen LogP contribution in [-0.4, -0.2) is 34.5 Å². The molecule has 0 unspecified atom stereocenters. The number of aliphatic carboxylic acids is 1. The number of rotatable bonds is 12. The number of aromatic nitrogens is 1. The Bertz CT molecular complexity index is 1510. The molecule has 0 saturated carbocycles. The van der Waals surface area contributed by atoms with E-state index in [2.05, 4.69) is 10.3 Å². The van der Waals surface area contributed by atoms with Crippen LogP contribution in [0.2, 0.25) is 0 Å². The fourth-order valence-corrected chi connectivity index (χ4v) is 4.07. The summed E-state index contributed by atoms with van der Waals surface area (Å²) in [6, 6.07) is 18.9. The number of carbonyl (C=O) groups excluding carboxylic acids is 1. The molecule has 4 aromatic rings. The highest BCUT2D eigenvalue weighted by atomic mass is 19.2. The summed E-state index contributed by atoms with van der Waals surface area (Å²) in [6.45, 7) is 3.73. The van der Waals surface area contributed by atoms with Crippen LogP contribution in [0, 0.1) is 18.6 Å². The number of halogens is 2. The summed E-state index contributed by atoms with van der Waals surface area (Å²) in [5.74, 6) is -2.37. The van der Waals surface area contributed by atoms with E-state index in [9.17, 15) is 23.5 Å². The molecule has 206 valence electrons. The first kappa shape index (κ1) is 28.2. The van der Waals surface area contributed by atoms with Crippen LogP contribution in [0.25, 0.3) is 11.5 Å². The van der Waals surface area contributed by atoms with Gasteiger partial charge >= 0.3 is 5.97 Å². The number of ketones is 1. The topological polar surface area (TPSA) is 102 Å². The number of allylic oxidation sites excluding steroid dienone is 2. The number of hydrogen-bond donors (Lipinski definition) is 2.